The van der Waals surface area contributed by atoms with Crippen LogP contribution in [-0.4, -0.2) is 86.2 Å². The fourth-order valence-electron chi connectivity index (χ4n) is 3.31. The molecule has 0 N–H and O–H groups in total. The molecule has 2 aliphatic rings. The zero-order valence-electron chi connectivity index (χ0n) is 13.9. The quantitative estimate of drug-likeness (QED) is 0.730. The van der Waals surface area contributed by atoms with Crippen LogP contribution < -0.4 is 0 Å². The Morgan fingerprint density at radius 3 is 2.71 bits per heavy atom. The molecule has 122 valence electrons. The van der Waals surface area contributed by atoms with Crippen molar-refractivity contribution in [1.82, 2.24) is 14.7 Å². The van der Waals surface area contributed by atoms with Crippen LogP contribution in [0.1, 0.15) is 26.7 Å². The number of carbonyl (C=O) groups excluding carboxylic acids is 1. The summed E-state index contributed by atoms with van der Waals surface area (Å²) in [7, 11) is 2.19. The molecule has 5 nitrogen and oxygen atoms in total. The van der Waals surface area contributed by atoms with Crippen molar-refractivity contribution in [2.45, 2.75) is 32.7 Å². The predicted octanol–water partition coefficient (Wildman–Crippen LogP) is 0.897. The summed E-state index contributed by atoms with van der Waals surface area (Å²) in [6, 6.07) is 0.359. The van der Waals surface area contributed by atoms with Gasteiger partial charge in [-0.2, -0.15) is 0 Å². The SMILES string of the molecule is CCN(C)C[C@@H]1CCN([C@H](C)CC(=O)N2CCOCC2)C1. The highest BCUT2D eigenvalue weighted by atomic mass is 16.5. The first-order valence-corrected chi connectivity index (χ1v) is 8.38. The van der Waals surface area contributed by atoms with Crippen LogP contribution >= 0.6 is 0 Å². The topological polar surface area (TPSA) is 36.0 Å². The van der Waals surface area contributed by atoms with E-state index in [-0.39, 0.29) is 0 Å². The maximum absolute atomic E-state index is 12.3. The summed E-state index contributed by atoms with van der Waals surface area (Å²) >= 11 is 0. The summed E-state index contributed by atoms with van der Waals surface area (Å²) in [5.41, 5.74) is 0. The minimum atomic E-state index is 0.292. The molecule has 0 radical (unpaired) electrons. The molecule has 0 spiro atoms. The van der Waals surface area contributed by atoms with E-state index in [2.05, 4.69) is 30.7 Å². The molecule has 2 aliphatic heterocycles. The molecule has 2 atom stereocenters. The zero-order chi connectivity index (χ0) is 15.2. The molecule has 0 bridgehead atoms. The number of morpholine rings is 1. The van der Waals surface area contributed by atoms with Gasteiger partial charge in [-0.25, -0.2) is 0 Å². The Labute approximate surface area is 129 Å². The van der Waals surface area contributed by atoms with Crippen molar-refractivity contribution < 1.29 is 9.53 Å². The second-order valence-corrected chi connectivity index (χ2v) is 6.55. The number of ether oxygens (including phenoxy) is 1. The maximum atomic E-state index is 12.3. The monoisotopic (exact) mass is 297 g/mol. The number of hydrogen-bond acceptors (Lipinski definition) is 4. The summed E-state index contributed by atoms with van der Waals surface area (Å²) in [4.78, 5) is 19.1. The fraction of sp³-hybridized carbons (Fsp3) is 0.938. The van der Waals surface area contributed by atoms with Gasteiger partial charge in [0.1, 0.15) is 0 Å². The third-order valence-corrected chi connectivity index (χ3v) is 4.88. The van der Waals surface area contributed by atoms with Crippen LogP contribution in [0, 0.1) is 5.92 Å². The first-order valence-electron chi connectivity index (χ1n) is 8.38. The predicted molar refractivity (Wildman–Crippen MR) is 84.3 cm³/mol. The first-order chi connectivity index (χ1) is 10.1. The lowest BCUT2D eigenvalue weighted by Crippen LogP contribution is -2.44. The summed E-state index contributed by atoms with van der Waals surface area (Å²) in [6.07, 6.45) is 1.91. The minimum Gasteiger partial charge on any atom is -0.378 e. The Morgan fingerprint density at radius 1 is 1.33 bits per heavy atom. The van der Waals surface area contributed by atoms with Gasteiger partial charge < -0.3 is 14.5 Å². The van der Waals surface area contributed by atoms with Crippen LogP contribution in [0.5, 0.6) is 0 Å². The Kier molecular flexibility index (Phi) is 6.45. The third kappa shape index (κ3) is 4.94. The number of nitrogens with zero attached hydrogens (tertiary/aromatic N) is 3. The highest BCUT2D eigenvalue weighted by Gasteiger charge is 2.28. The molecule has 0 aliphatic carbocycles. The van der Waals surface area contributed by atoms with Gasteiger partial charge >= 0.3 is 0 Å². The van der Waals surface area contributed by atoms with E-state index in [0.29, 0.717) is 31.6 Å². The highest BCUT2D eigenvalue weighted by molar-refractivity contribution is 5.76. The van der Waals surface area contributed by atoms with E-state index in [1.165, 1.54) is 13.0 Å². The Hall–Kier alpha value is -0.650. The van der Waals surface area contributed by atoms with E-state index in [9.17, 15) is 4.79 Å². The standard InChI is InChI=1S/C16H31N3O2/c1-4-17(3)12-15-5-6-19(13-15)14(2)11-16(20)18-7-9-21-10-8-18/h14-15H,4-13H2,1-3H3/t14-,15+/m1/s1. The van der Waals surface area contributed by atoms with Crippen LogP contribution in [0.2, 0.25) is 0 Å². The van der Waals surface area contributed by atoms with E-state index in [1.807, 2.05) is 4.90 Å². The van der Waals surface area contributed by atoms with Crippen molar-refractivity contribution >= 4 is 5.91 Å². The normalized spacial score (nSPS) is 25.5. The van der Waals surface area contributed by atoms with Gasteiger partial charge in [-0.1, -0.05) is 6.92 Å². The van der Waals surface area contributed by atoms with Crippen molar-refractivity contribution in [2.75, 3.05) is 59.5 Å². The van der Waals surface area contributed by atoms with E-state index in [1.54, 1.807) is 0 Å². The van der Waals surface area contributed by atoms with Crippen LogP contribution in [0.4, 0.5) is 0 Å². The molecule has 0 aromatic heterocycles. The number of rotatable bonds is 6. The molecule has 2 heterocycles. The maximum Gasteiger partial charge on any atom is 0.224 e. The summed E-state index contributed by atoms with van der Waals surface area (Å²) in [5, 5.41) is 0. The number of likely N-dealkylation sites (tertiary alicyclic amines) is 1. The van der Waals surface area contributed by atoms with Crippen molar-refractivity contribution in [3.8, 4) is 0 Å². The van der Waals surface area contributed by atoms with Gasteiger partial charge in [0.2, 0.25) is 5.91 Å². The van der Waals surface area contributed by atoms with Gasteiger partial charge in [0.25, 0.3) is 0 Å². The number of hydrogen-bond donors (Lipinski definition) is 0. The zero-order valence-corrected chi connectivity index (χ0v) is 13.9. The van der Waals surface area contributed by atoms with Crippen LogP contribution in [0.3, 0.4) is 0 Å². The molecule has 0 unspecified atom stereocenters. The lowest BCUT2D eigenvalue weighted by atomic mass is 10.1. The molecule has 2 fully saturated rings. The lowest BCUT2D eigenvalue weighted by molar-refractivity contribution is -0.136. The van der Waals surface area contributed by atoms with Gasteiger partial charge in [-0.3, -0.25) is 9.69 Å². The van der Waals surface area contributed by atoms with Crippen LogP contribution in [-0.2, 0) is 9.53 Å². The lowest BCUT2D eigenvalue weighted by Gasteiger charge is -2.30. The van der Waals surface area contributed by atoms with Crippen molar-refractivity contribution in [2.24, 2.45) is 5.92 Å². The first kappa shape index (κ1) is 16.7. The van der Waals surface area contributed by atoms with E-state index in [4.69, 9.17) is 4.74 Å². The van der Waals surface area contributed by atoms with Crippen molar-refractivity contribution in [3.05, 3.63) is 0 Å². The van der Waals surface area contributed by atoms with Crippen LogP contribution in [0.25, 0.3) is 0 Å². The van der Waals surface area contributed by atoms with Gasteiger partial charge in [-0.15, -0.1) is 0 Å². The molecule has 0 aromatic carbocycles. The molecule has 1 amide bonds. The Bertz CT molecular complexity index is 331. The van der Waals surface area contributed by atoms with Crippen molar-refractivity contribution in [3.63, 3.8) is 0 Å². The molecular formula is C16H31N3O2. The molecule has 5 heteroatoms. The second kappa shape index (κ2) is 8.11. The molecule has 0 aromatic rings. The largest absolute Gasteiger partial charge is 0.378 e. The van der Waals surface area contributed by atoms with Crippen molar-refractivity contribution in [1.29, 1.82) is 0 Å². The Balaban J connectivity index is 1.73. The molecule has 0 saturated carbocycles. The summed E-state index contributed by atoms with van der Waals surface area (Å²) in [5.74, 6) is 1.05. The van der Waals surface area contributed by atoms with E-state index >= 15 is 0 Å². The highest BCUT2D eigenvalue weighted by Crippen LogP contribution is 2.21. The van der Waals surface area contributed by atoms with Gasteiger partial charge in [0.15, 0.2) is 0 Å². The smallest absolute Gasteiger partial charge is 0.224 e. The average molecular weight is 297 g/mol. The summed E-state index contributed by atoms with van der Waals surface area (Å²) < 4.78 is 5.31. The second-order valence-electron chi connectivity index (χ2n) is 6.55. The fourth-order valence-corrected chi connectivity index (χ4v) is 3.31. The number of amides is 1. The Morgan fingerprint density at radius 2 is 2.05 bits per heavy atom. The average Bonchev–Trinajstić information content (AvgIpc) is 2.96. The summed E-state index contributed by atoms with van der Waals surface area (Å²) in [6.45, 7) is 11.9. The van der Waals surface area contributed by atoms with Gasteiger partial charge in [0.05, 0.1) is 13.2 Å². The van der Waals surface area contributed by atoms with Gasteiger partial charge in [0, 0.05) is 38.6 Å². The van der Waals surface area contributed by atoms with Gasteiger partial charge in [-0.05, 0) is 39.4 Å². The third-order valence-electron chi connectivity index (χ3n) is 4.88. The molecule has 2 saturated heterocycles. The van der Waals surface area contributed by atoms with E-state index < -0.39 is 0 Å². The van der Waals surface area contributed by atoms with Crippen LogP contribution in [0.15, 0.2) is 0 Å². The molecule has 2 rings (SSSR count). The molecule has 21 heavy (non-hydrogen) atoms. The van der Waals surface area contributed by atoms with E-state index in [0.717, 1.165) is 38.6 Å². The number of carbonyl (C=O) groups is 1. The molecular weight excluding hydrogens is 266 g/mol. The minimum absolute atomic E-state index is 0.292.